The van der Waals surface area contributed by atoms with Gasteiger partial charge in [-0.05, 0) is 116 Å². The van der Waals surface area contributed by atoms with E-state index < -0.39 is 91.5 Å². The summed E-state index contributed by atoms with van der Waals surface area (Å²) < 4.78 is 60.7. The van der Waals surface area contributed by atoms with Crippen LogP contribution in [-0.2, 0) is 55.8 Å². The van der Waals surface area contributed by atoms with E-state index >= 15 is 0 Å². The van der Waals surface area contributed by atoms with Crippen molar-refractivity contribution in [2.75, 3.05) is 39.6 Å². The summed E-state index contributed by atoms with van der Waals surface area (Å²) >= 11 is 0. The zero-order chi connectivity index (χ0) is 61.0. The number of aliphatic hydroxyl groups excluding tert-OH is 2. The van der Waals surface area contributed by atoms with Crippen molar-refractivity contribution in [3.05, 3.63) is 97.2 Å². The summed E-state index contributed by atoms with van der Waals surface area (Å²) in [6.07, 6.45) is 61.8. The fourth-order valence-electron chi connectivity index (χ4n) is 7.98. The molecule has 4 N–H and O–H groups in total. The monoisotopic (exact) mass is 1210 g/mol. The van der Waals surface area contributed by atoms with E-state index in [0.29, 0.717) is 19.3 Å². The van der Waals surface area contributed by atoms with Gasteiger partial charge in [0.1, 0.15) is 25.4 Å². The first-order valence-corrected chi connectivity index (χ1v) is 34.5. The number of phosphoric ester groups is 2. The summed E-state index contributed by atoms with van der Waals surface area (Å²) in [7, 11) is -9.78. The Kier molecular flexibility index (Phi) is 56.3. The van der Waals surface area contributed by atoms with Gasteiger partial charge in [0.25, 0.3) is 0 Å². The predicted molar refractivity (Wildman–Crippen MR) is 334 cm³/mol. The Morgan fingerprint density at radius 1 is 0.349 bits per heavy atom. The lowest BCUT2D eigenvalue weighted by molar-refractivity contribution is -0.161. The lowest BCUT2D eigenvalue weighted by Gasteiger charge is -2.21. The summed E-state index contributed by atoms with van der Waals surface area (Å²) in [6, 6.07) is 0. The molecule has 5 unspecified atom stereocenters. The lowest BCUT2D eigenvalue weighted by atomic mass is 10.1. The topological polar surface area (TPSA) is 231 Å². The first-order chi connectivity index (χ1) is 40.2. The third-order valence-electron chi connectivity index (χ3n) is 12.8. The van der Waals surface area contributed by atoms with Crippen LogP contribution in [0.5, 0.6) is 0 Å². The van der Waals surface area contributed by atoms with Crippen LogP contribution in [0.3, 0.4) is 0 Å². The first kappa shape index (κ1) is 79.5. The quantitative estimate of drug-likeness (QED) is 0.0146. The number of ether oxygens (including phenoxy) is 3. The van der Waals surface area contributed by atoms with Crippen LogP contribution < -0.4 is 0 Å². The number of unbranched alkanes of at least 4 members (excludes halogenated alkanes) is 20. The minimum absolute atomic E-state index is 0.0831. The Morgan fingerprint density at radius 2 is 0.639 bits per heavy atom. The Balaban J connectivity index is 4.72. The maximum atomic E-state index is 12.9. The molecule has 0 saturated heterocycles. The molecule has 0 fully saturated rings. The van der Waals surface area contributed by atoms with Gasteiger partial charge in [0.05, 0.1) is 26.4 Å². The van der Waals surface area contributed by atoms with E-state index in [1.54, 1.807) is 0 Å². The Labute approximate surface area is 501 Å². The zero-order valence-electron chi connectivity index (χ0n) is 51.3. The molecule has 0 radical (unpaired) electrons. The molecule has 18 heteroatoms. The van der Waals surface area contributed by atoms with Crippen LogP contribution in [0, 0.1) is 0 Å². The standard InChI is InChI=1S/C65H112O16P2/c1-4-7-10-13-16-19-22-25-28-29-32-34-36-39-42-45-48-51-63(68)75-54-60(66)55-77-82(71,72)78-56-61(67)57-79-83(73,74)80-59-62(81-65(70)53-50-47-44-41-38-35-31-27-24-21-18-15-12-9-6-3)58-76-64(69)52-49-46-43-40-37-33-30-26-23-20-17-14-11-8-5-2/h7-8,10-11,16-21,25-28,30-31,60-62,66-67H,4-6,9,12-15,22-24,29,32-59H2,1-3H3,(H,71,72)(H,73,74)/b10-7-,11-8-,19-16-,20-17-,21-18-,28-25-,30-26-,31-27-. The van der Waals surface area contributed by atoms with Gasteiger partial charge in [-0.15, -0.1) is 0 Å². The van der Waals surface area contributed by atoms with Crippen molar-refractivity contribution in [1.29, 1.82) is 0 Å². The van der Waals surface area contributed by atoms with Crippen molar-refractivity contribution in [2.24, 2.45) is 0 Å². The SMILES string of the molecule is CC/C=C\C/C=C\C/C=C\CCCCCCCCCC(=O)OCC(O)COP(=O)(O)OCC(O)COP(=O)(O)OCC(COC(=O)CCCCCCC/C=C\C/C=C\C/C=C\CC)OC(=O)CCCCCCC/C=C\C/C=C\CCCCC. The molecule has 0 saturated carbocycles. The average molecular weight is 1210 g/mol. The second-order valence-corrected chi connectivity index (χ2v) is 23.7. The number of rotatable bonds is 59. The molecule has 0 amide bonds. The molecule has 0 aliphatic carbocycles. The highest BCUT2D eigenvalue weighted by Crippen LogP contribution is 2.45. The van der Waals surface area contributed by atoms with E-state index in [1.807, 2.05) is 0 Å². The molecule has 5 atom stereocenters. The number of carbonyl (C=O) groups is 3. The molecular weight excluding hydrogens is 1100 g/mol. The number of esters is 3. The van der Waals surface area contributed by atoms with Crippen molar-refractivity contribution < 1.29 is 75.8 Å². The number of carbonyl (C=O) groups excluding carboxylic acids is 3. The molecule has 83 heavy (non-hydrogen) atoms. The zero-order valence-corrected chi connectivity index (χ0v) is 53.1. The smallest absolute Gasteiger partial charge is 0.463 e. The van der Waals surface area contributed by atoms with Crippen molar-refractivity contribution in [3.63, 3.8) is 0 Å². The van der Waals surface area contributed by atoms with Gasteiger partial charge in [0.15, 0.2) is 6.10 Å². The van der Waals surface area contributed by atoms with Crippen molar-refractivity contribution >= 4 is 33.6 Å². The van der Waals surface area contributed by atoms with Crippen LogP contribution in [0.1, 0.15) is 239 Å². The fraction of sp³-hybridized carbons (Fsp3) is 0.708. The highest BCUT2D eigenvalue weighted by Gasteiger charge is 2.29. The van der Waals surface area contributed by atoms with Gasteiger partial charge in [-0.25, -0.2) is 9.13 Å². The summed E-state index contributed by atoms with van der Waals surface area (Å²) in [4.78, 5) is 58.2. The van der Waals surface area contributed by atoms with E-state index in [9.17, 15) is 43.5 Å². The van der Waals surface area contributed by atoms with Crippen LogP contribution >= 0.6 is 15.6 Å². The number of phosphoric acid groups is 2. The molecule has 0 bridgehead atoms. The van der Waals surface area contributed by atoms with Crippen molar-refractivity contribution in [1.82, 2.24) is 0 Å². The van der Waals surface area contributed by atoms with Gasteiger partial charge in [-0.2, -0.15) is 0 Å². The summed E-state index contributed by atoms with van der Waals surface area (Å²) in [5.74, 6) is -1.62. The van der Waals surface area contributed by atoms with Crippen LogP contribution in [0.15, 0.2) is 97.2 Å². The maximum absolute atomic E-state index is 12.9. The third-order valence-corrected chi connectivity index (χ3v) is 14.7. The second kappa shape index (κ2) is 58.8. The van der Waals surface area contributed by atoms with Gasteiger partial charge in [-0.3, -0.25) is 32.5 Å². The van der Waals surface area contributed by atoms with E-state index in [1.165, 1.54) is 19.3 Å². The second-order valence-electron chi connectivity index (χ2n) is 20.8. The van der Waals surface area contributed by atoms with Gasteiger partial charge < -0.3 is 34.2 Å². The number of hydrogen-bond donors (Lipinski definition) is 4. The highest BCUT2D eigenvalue weighted by atomic mass is 31.2. The lowest BCUT2D eigenvalue weighted by Crippen LogP contribution is -2.30. The van der Waals surface area contributed by atoms with E-state index in [2.05, 4.69) is 118 Å². The minimum Gasteiger partial charge on any atom is -0.463 e. The summed E-state index contributed by atoms with van der Waals surface area (Å²) in [6.45, 7) is 2.35. The van der Waals surface area contributed by atoms with Gasteiger partial charge in [0, 0.05) is 19.3 Å². The van der Waals surface area contributed by atoms with Crippen LogP contribution in [0.2, 0.25) is 0 Å². The molecule has 0 spiro atoms. The molecule has 0 aromatic heterocycles. The molecular formula is C65H112O16P2. The molecule has 0 aromatic carbocycles. The van der Waals surface area contributed by atoms with Gasteiger partial charge in [0.2, 0.25) is 0 Å². The van der Waals surface area contributed by atoms with Crippen LogP contribution in [0.4, 0.5) is 0 Å². The first-order valence-electron chi connectivity index (χ1n) is 31.5. The number of aliphatic hydroxyl groups is 2. The Hall–Kier alpha value is -3.53. The molecule has 0 aromatic rings. The number of hydrogen-bond acceptors (Lipinski definition) is 14. The van der Waals surface area contributed by atoms with Gasteiger partial charge in [-0.1, -0.05) is 201 Å². The molecule has 0 heterocycles. The van der Waals surface area contributed by atoms with Crippen molar-refractivity contribution in [3.8, 4) is 0 Å². The molecule has 0 aliphatic heterocycles. The normalized spacial score (nSPS) is 15.0. The van der Waals surface area contributed by atoms with E-state index in [4.69, 9.17) is 32.3 Å². The van der Waals surface area contributed by atoms with Gasteiger partial charge >= 0.3 is 33.6 Å². The van der Waals surface area contributed by atoms with Crippen LogP contribution in [-0.4, -0.2) is 95.9 Å². The highest BCUT2D eigenvalue weighted by molar-refractivity contribution is 7.47. The van der Waals surface area contributed by atoms with Crippen LogP contribution in [0.25, 0.3) is 0 Å². The maximum Gasteiger partial charge on any atom is 0.472 e. The average Bonchev–Trinajstić information content (AvgIpc) is 3.47. The van der Waals surface area contributed by atoms with Crippen molar-refractivity contribution in [2.45, 2.75) is 257 Å². The molecule has 0 rings (SSSR count). The number of allylic oxidation sites excluding steroid dienone is 16. The fourth-order valence-corrected chi connectivity index (χ4v) is 9.57. The van der Waals surface area contributed by atoms with E-state index in [0.717, 1.165) is 161 Å². The Bertz CT molecular complexity index is 1910. The predicted octanol–water partition coefficient (Wildman–Crippen LogP) is 16.7. The third kappa shape index (κ3) is 60.0. The summed E-state index contributed by atoms with van der Waals surface area (Å²) in [5.41, 5.74) is 0. The molecule has 0 aliphatic rings. The van der Waals surface area contributed by atoms with E-state index in [-0.39, 0.29) is 19.3 Å². The molecule has 478 valence electrons. The summed E-state index contributed by atoms with van der Waals surface area (Å²) in [5, 5.41) is 20.5. The largest absolute Gasteiger partial charge is 0.472 e. The Morgan fingerprint density at radius 3 is 1.01 bits per heavy atom. The molecule has 16 nitrogen and oxygen atoms in total. The minimum atomic E-state index is -4.93.